The van der Waals surface area contributed by atoms with Crippen molar-refractivity contribution < 1.29 is 0 Å². The first kappa shape index (κ1) is 15.0. The van der Waals surface area contributed by atoms with Crippen LogP contribution in [0.15, 0.2) is 11.4 Å². The Hall–Kier alpha value is -1.40. The first-order valence-corrected chi connectivity index (χ1v) is 7.93. The summed E-state index contributed by atoms with van der Waals surface area (Å²) in [7, 11) is 0. The largest absolute Gasteiger partial charge is 0.354 e. The first-order chi connectivity index (χ1) is 9.69. The van der Waals surface area contributed by atoms with Gasteiger partial charge in [0.15, 0.2) is 5.82 Å². The second-order valence-electron chi connectivity index (χ2n) is 4.08. The van der Waals surface area contributed by atoms with Crippen LogP contribution in [0.1, 0.15) is 20.8 Å². The van der Waals surface area contributed by atoms with Gasteiger partial charge in [-0.3, -0.25) is 0 Å². The van der Waals surface area contributed by atoms with E-state index in [1.165, 1.54) is 11.3 Å². The Labute approximate surface area is 128 Å². The molecule has 0 aliphatic rings. The van der Waals surface area contributed by atoms with Gasteiger partial charge in [-0.05, 0) is 32.2 Å². The van der Waals surface area contributed by atoms with Crippen LogP contribution in [0.25, 0.3) is 10.7 Å². The van der Waals surface area contributed by atoms with E-state index in [0.717, 1.165) is 24.5 Å². The molecule has 1 N–H and O–H groups in total. The molecule has 0 unspecified atom stereocenters. The maximum atomic E-state index is 6.18. The Morgan fingerprint density at radius 2 is 1.95 bits per heavy atom. The molecule has 108 valence electrons. The number of aromatic nitrogens is 3. The molecule has 7 heteroatoms. The lowest BCUT2D eigenvalue weighted by atomic mass is 10.4. The van der Waals surface area contributed by atoms with Crippen molar-refractivity contribution in [3.05, 3.63) is 16.5 Å². The molecule has 2 rings (SSSR count). The van der Waals surface area contributed by atoms with Gasteiger partial charge in [0.25, 0.3) is 0 Å². The van der Waals surface area contributed by atoms with Crippen molar-refractivity contribution in [1.82, 2.24) is 15.0 Å². The number of rotatable bonds is 6. The van der Waals surface area contributed by atoms with Crippen LogP contribution in [0.5, 0.6) is 0 Å². The van der Waals surface area contributed by atoms with E-state index in [4.69, 9.17) is 11.6 Å². The zero-order chi connectivity index (χ0) is 14.5. The van der Waals surface area contributed by atoms with Crippen LogP contribution in [0, 0.1) is 0 Å². The second-order valence-corrected chi connectivity index (χ2v) is 5.41. The van der Waals surface area contributed by atoms with Crippen LogP contribution < -0.4 is 10.2 Å². The van der Waals surface area contributed by atoms with Gasteiger partial charge in [0.2, 0.25) is 11.9 Å². The van der Waals surface area contributed by atoms with E-state index in [0.29, 0.717) is 22.7 Å². The molecule has 0 atom stereocenters. The molecule has 0 fully saturated rings. The van der Waals surface area contributed by atoms with E-state index < -0.39 is 0 Å². The number of hydrogen-bond donors (Lipinski definition) is 1. The second kappa shape index (κ2) is 6.85. The Morgan fingerprint density at radius 3 is 2.50 bits per heavy atom. The minimum absolute atomic E-state index is 0.587. The van der Waals surface area contributed by atoms with Crippen molar-refractivity contribution in [3.8, 4) is 10.7 Å². The van der Waals surface area contributed by atoms with Gasteiger partial charge < -0.3 is 10.2 Å². The number of nitrogens with one attached hydrogen (secondary N) is 1. The molecule has 0 radical (unpaired) electrons. The van der Waals surface area contributed by atoms with E-state index in [-0.39, 0.29) is 0 Å². The highest BCUT2D eigenvalue weighted by Gasteiger charge is 2.15. The Balaban J connectivity index is 2.48. The van der Waals surface area contributed by atoms with Crippen molar-refractivity contribution in [3.63, 3.8) is 0 Å². The maximum absolute atomic E-state index is 6.18. The molecule has 5 nitrogen and oxygen atoms in total. The quantitative estimate of drug-likeness (QED) is 0.884. The fraction of sp³-hybridized carbons (Fsp3) is 0.462. The van der Waals surface area contributed by atoms with Crippen LogP contribution in [-0.2, 0) is 0 Å². The predicted octanol–water partition coefficient (Wildman–Crippen LogP) is 3.53. The molecule has 2 aromatic rings. The lowest BCUT2D eigenvalue weighted by Crippen LogP contribution is -2.25. The van der Waals surface area contributed by atoms with Crippen LogP contribution in [0.2, 0.25) is 5.02 Å². The Kier molecular flexibility index (Phi) is 5.14. The lowest BCUT2D eigenvalue weighted by molar-refractivity contribution is 0.814. The Bertz CT molecular complexity index is 568. The van der Waals surface area contributed by atoms with E-state index in [1.54, 1.807) is 0 Å². The summed E-state index contributed by atoms with van der Waals surface area (Å²) in [5, 5.41) is 5.76. The van der Waals surface area contributed by atoms with Gasteiger partial charge in [0, 0.05) is 19.6 Å². The van der Waals surface area contributed by atoms with Crippen molar-refractivity contribution in [1.29, 1.82) is 0 Å². The van der Waals surface area contributed by atoms with Gasteiger partial charge in [-0.1, -0.05) is 11.6 Å². The van der Waals surface area contributed by atoms with E-state index >= 15 is 0 Å². The first-order valence-electron chi connectivity index (χ1n) is 6.67. The molecule has 2 heterocycles. The summed E-state index contributed by atoms with van der Waals surface area (Å²) in [5.41, 5.74) is 0. The van der Waals surface area contributed by atoms with Crippen molar-refractivity contribution in [2.75, 3.05) is 29.9 Å². The van der Waals surface area contributed by atoms with Gasteiger partial charge in [-0.25, -0.2) is 0 Å². The van der Waals surface area contributed by atoms with Crippen LogP contribution in [-0.4, -0.2) is 34.6 Å². The molecule has 0 bridgehead atoms. The maximum Gasteiger partial charge on any atom is 0.230 e. The normalized spacial score (nSPS) is 10.6. The topological polar surface area (TPSA) is 53.9 Å². The number of anilines is 2. The standard InChI is InChI=1S/C13H18ClN5S/c1-4-15-12-16-11(10-9(14)7-8-20-10)17-13(18-12)19(5-2)6-3/h7-8H,4-6H2,1-3H3,(H,15,16,17,18). The molecule has 0 amide bonds. The highest BCUT2D eigenvalue weighted by Crippen LogP contribution is 2.31. The molecule has 0 saturated heterocycles. The van der Waals surface area contributed by atoms with Crippen molar-refractivity contribution in [2.24, 2.45) is 0 Å². The van der Waals surface area contributed by atoms with Crippen molar-refractivity contribution in [2.45, 2.75) is 20.8 Å². The van der Waals surface area contributed by atoms with Crippen LogP contribution in [0.3, 0.4) is 0 Å². The minimum Gasteiger partial charge on any atom is -0.354 e. The SMILES string of the molecule is CCNc1nc(-c2sccc2Cl)nc(N(CC)CC)n1. The molecular formula is C13H18ClN5S. The lowest BCUT2D eigenvalue weighted by Gasteiger charge is -2.19. The number of nitrogens with zero attached hydrogens (tertiary/aromatic N) is 4. The summed E-state index contributed by atoms with van der Waals surface area (Å²) in [5.74, 6) is 1.89. The highest BCUT2D eigenvalue weighted by atomic mass is 35.5. The molecule has 20 heavy (non-hydrogen) atoms. The molecule has 0 spiro atoms. The predicted molar refractivity (Wildman–Crippen MR) is 85.9 cm³/mol. The van der Waals surface area contributed by atoms with Crippen LogP contribution in [0.4, 0.5) is 11.9 Å². The average Bonchev–Trinajstić information content (AvgIpc) is 2.87. The monoisotopic (exact) mass is 311 g/mol. The Morgan fingerprint density at radius 1 is 1.20 bits per heavy atom. The summed E-state index contributed by atoms with van der Waals surface area (Å²) in [6, 6.07) is 1.86. The van der Waals surface area contributed by atoms with Gasteiger partial charge in [0.05, 0.1) is 9.90 Å². The number of hydrogen-bond acceptors (Lipinski definition) is 6. The smallest absolute Gasteiger partial charge is 0.230 e. The van der Waals surface area contributed by atoms with Gasteiger partial charge in [-0.15, -0.1) is 11.3 Å². The van der Waals surface area contributed by atoms with Crippen molar-refractivity contribution >= 4 is 34.8 Å². The average molecular weight is 312 g/mol. The zero-order valence-electron chi connectivity index (χ0n) is 11.9. The summed E-state index contributed by atoms with van der Waals surface area (Å²) in [6.07, 6.45) is 0. The molecule has 2 aromatic heterocycles. The molecule has 0 aliphatic heterocycles. The van der Waals surface area contributed by atoms with E-state index in [9.17, 15) is 0 Å². The summed E-state index contributed by atoms with van der Waals surface area (Å²) in [6.45, 7) is 8.64. The van der Waals surface area contributed by atoms with Gasteiger partial charge in [-0.2, -0.15) is 15.0 Å². The fourth-order valence-electron chi connectivity index (χ4n) is 1.80. The third-order valence-corrected chi connectivity index (χ3v) is 4.16. The van der Waals surface area contributed by atoms with E-state index in [2.05, 4.69) is 39.0 Å². The number of halogens is 1. The zero-order valence-corrected chi connectivity index (χ0v) is 13.4. The molecular weight excluding hydrogens is 294 g/mol. The number of thiophene rings is 1. The molecule has 0 aliphatic carbocycles. The van der Waals surface area contributed by atoms with Gasteiger partial charge >= 0.3 is 0 Å². The molecule has 0 aromatic carbocycles. The minimum atomic E-state index is 0.587. The third kappa shape index (κ3) is 3.19. The molecule has 0 saturated carbocycles. The third-order valence-electron chi connectivity index (χ3n) is 2.83. The van der Waals surface area contributed by atoms with E-state index in [1.807, 2.05) is 18.4 Å². The fourth-order valence-corrected chi connectivity index (χ4v) is 2.88. The highest BCUT2D eigenvalue weighted by molar-refractivity contribution is 7.14. The summed E-state index contributed by atoms with van der Waals surface area (Å²) < 4.78 is 0. The summed E-state index contributed by atoms with van der Waals surface area (Å²) in [4.78, 5) is 16.4. The van der Waals surface area contributed by atoms with Gasteiger partial charge in [0.1, 0.15) is 0 Å². The summed E-state index contributed by atoms with van der Waals surface area (Å²) >= 11 is 7.71. The van der Waals surface area contributed by atoms with Crippen LogP contribution >= 0.6 is 22.9 Å².